The molecule has 1 aliphatic heterocycles. The van der Waals surface area contributed by atoms with Gasteiger partial charge in [0, 0.05) is 25.7 Å². The molecular formula is C11H23NO. The lowest BCUT2D eigenvalue weighted by Gasteiger charge is -2.30. The van der Waals surface area contributed by atoms with Crippen LogP contribution in [0.4, 0.5) is 0 Å². The maximum Gasteiger partial charge on any atom is 0.0713 e. The van der Waals surface area contributed by atoms with Gasteiger partial charge in [0.15, 0.2) is 0 Å². The Labute approximate surface area is 82.3 Å². The van der Waals surface area contributed by atoms with Crippen LogP contribution in [0.25, 0.3) is 0 Å². The van der Waals surface area contributed by atoms with E-state index >= 15 is 0 Å². The Morgan fingerprint density at radius 3 is 2.15 bits per heavy atom. The average molecular weight is 185 g/mol. The molecule has 0 aliphatic carbocycles. The third kappa shape index (κ3) is 2.44. The standard InChI is InChI=1S/C11H23NO/c1-8(2)11-6-10(13-5)7-12(11)9(3)4/h8-11H,6-7H2,1-5H3/t10-,11-/m0/s1. The van der Waals surface area contributed by atoms with Gasteiger partial charge in [-0.25, -0.2) is 0 Å². The molecular weight excluding hydrogens is 162 g/mol. The zero-order chi connectivity index (χ0) is 10.0. The van der Waals surface area contributed by atoms with E-state index in [2.05, 4.69) is 32.6 Å². The molecule has 1 rings (SSSR count). The molecule has 2 atom stereocenters. The van der Waals surface area contributed by atoms with E-state index in [9.17, 15) is 0 Å². The Bertz CT molecular complexity index is 140. The molecule has 0 aromatic heterocycles. The zero-order valence-corrected chi connectivity index (χ0v) is 9.58. The smallest absolute Gasteiger partial charge is 0.0713 e. The summed E-state index contributed by atoms with van der Waals surface area (Å²) in [4.78, 5) is 2.57. The molecule has 1 aliphatic rings. The van der Waals surface area contributed by atoms with Gasteiger partial charge in [0.05, 0.1) is 6.10 Å². The molecule has 0 N–H and O–H groups in total. The number of rotatable bonds is 3. The van der Waals surface area contributed by atoms with Crippen LogP contribution in [0, 0.1) is 5.92 Å². The quantitative estimate of drug-likeness (QED) is 0.668. The van der Waals surface area contributed by atoms with Crippen molar-refractivity contribution < 1.29 is 4.74 Å². The van der Waals surface area contributed by atoms with E-state index < -0.39 is 0 Å². The van der Waals surface area contributed by atoms with E-state index in [0.717, 1.165) is 12.5 Å². The molecule has 0 radical (unpaired) electrons. The van der Waals surface area contributed by atoms with Crippen molar-refractivity contribution in [3.63, 3.8) is 0 Å². The highest BCUT2D eigenvalue weighted by Gasteiger charge is 2.34. The van der Waals surface area contributed by atoms with E-state index in [0.29, 0.717) is 18.2 Å². The maximum absolute atomic E-state index is 5.43. The van der Waals surface area contributed by atoms with Crippen LogP contribution in [0.1, 0.15) is 34.1 Å². The largest absolute Gasteiger partial charge is 0.380 e. The number of hydrogen-bond donors (Lipinski definition) is 0. The number of nitrogens with zero attached hydrogens (tertiary/aromatic N) is 1. The van der Waals surface area contributed by atoms with Crippen molar-refractivity contribution in [3.8, 4) is 0 Å². The Kier molecular flexibility index (Phi) is 3.74. The summed E-state index contributed by atoms with van der Waals surface area (Å²) in [5, 5.41) is 0. The molecule has 0 amide bonds. The van der Waals surface area contributed by atoms with Gasteiger partial charge in [0.2, 0.25) is 0 Å². The van der Waals surface area contributed by atoms with E-state index in [1.165, 1.54) is 6.42 Å². The van der Waals surface area contributed by atoms with Gasteiger partial charge in [0.1, 0.15) is 0 Å². The van der Waals surface area contributed by atoms with Crippen LogP contribution in [-0.4, -0.2) is 36.7 Å². The van der Waals surface area contributed by atoms with Crippen LogP contribution in [0.15, 0.2) is 0 Å². The highest BCUT2D eigenvalue weighted by molar-refractivity contribution is 4.89. The minimum absolute atomic E-state index is 0.454. The monoisotopic (exact) mass is 185 g/mol. The number of ether oxygens (including phenoxy) is 1. The molecule has 0 spiro atoms. The van der Waals surface area contributed by atoms with Crippen molar-refractivity contribution in [2.75, 3.05) is 13.7 Å². The molecule has 1 fully saturated rings. The lowest BCUT2D eigenvalue weighted by Crippen LogP contribution is -2.38. The summed E-state index contributed by atoms with van der Waals surface area (Å²) in [6.07, 6.45) is 1.65. The molecule has 13 heavy (non-hydrogen) atoms. The Morgan fingerprint density at radius 1 is 1.23 bits per heavy atom. The van der Waals surface area contributed by atoms with Crippen LogP contribution in [0.2, 0.25) is 0 Å². The van der Waals surface area contributed by atoms with Crippen molar-refractivity contribution in [2.24, 2.45) is 5.92 Å². The summed E-state index contributed by atoms with van der Waals surface area (Å²) in [5.41, 5.74) is 0. The minimum atomic E-state index is 0.454. The first-order valence-electron chi connectivity index (χ1n) is 5.34. The summed E-state index contributed by atoms with van der Waals surface area (Å²) in [6.45, 7) is 10.3. The molecule has 2 nitrogen and oxygen atoms in total. The molecule has 0 unspecified atom stereocenters. The van der Waals surface area contributed by atoms with Crippen molar-refractivity contribution >= 4 is 0 Å². The van der Waals surface area contributed by atoms with Crippen molar-refractivity contribution in [3.05, 3.63) is 0 Å². The summed E-state index contributed by atoms with van der Waals surface area (Å²) >= 11 is 0. The van der Waals surface area contributed by atoms with Gasteiger partial charge in [-0.1, -0.05) is 13.8 Å². The summed E-state index contributed by atoms with van der Waals surface area (Å²) in [6, 6.07) is 1.36. The first kappa shape index (κ1) is 11.0. The molecule has 1 saturated heterocycles. The fourth-order valence-electron chi connectivity index (χ4n) is 2.27. The van der Waals surface area contributed by atoms with Crippen molar-refractivity contribution in [1.82, 2.24) is 4.90 Å². The molecule has 2 heteroatoms. The highest BCUT2D eigenvalue weighted by atomic mass is 16.5. The second kappa shape index (κ2) is 4.43. The third-order valence-electron chi connectivity index (χ3n) is 3.11. The van der Waals surface area contributed by atoms with E-state index in [4.69, 9.17) is 4.74 Å². The second-order valence-corrected chi connectivity index (χ2v) is 4.70. The van der Waals surface area contributed by atoms with E-state index in [1.54, 1.807) is 0 Å². The average Bonchev–Trinajstić information content (AvgIpc) is 2.47. The summed E-state index contributed by atoms with van der Waals surface area (Å²) in [7, 11) is 1.83. The highest BCUT2D eigenvalue weighted by Crippen LogP contribution is 2.27. The molecule has 0 saturated carbocycles. The van der Waals surface area contributed by atoms with Gasteiger partial charge >= 0.3 is 0 Å². The fourth-order valence-corrected chi connectivity index (χ4v) is 2.27. The lowest BCUT2D eigenvalue weighted by molar-refractivity contribution is 0.102. The number of methoxy groups -OCH3 is 1. The molecule has 1 heterocycles. The Balaban J connectivity index is 2.60. The van der Waals surface area contributed by atoms with E-state index in [-0.39, 0.29) is 0 Å². The SMILES string of the molecule is CO[C@H]1C[C@@H](C(C)C)N(C(C)C)C1. The second-order valence-electron chi connectivity index (χ2n) is 4.70. The fraction of sp³-hybridized carbons (Fsp3) is 1.00. The summed E-state index contributed by atoms with van der Waals surface area (Å²) in [5.74, 6) is 0.738. The Morgan fingerprint density at radius 2 is 1.85 bits per heavy atom. The van der Waals surface area contributed by atoms with Crippen molar-refractivity contribution in [1.29, 1.82) is 0 Å². The third-order valence-corrected chi connectivity index (χ3v) is 3.11. The molecule has 0 bridgehead atoms. The van der Waals surface area contributed by atoms with Gasteiger partial charge < -0.3 is 4.74 Å². The number of hydrogen-bond acceptors (Lipinski definition) is 2. The topological polar surface area (TPSA) is 12.5 Å². The first-order valence-corrected chi connectivity index (χ1v) is 5.34. The normalized spacial score (nSPS) is 30.7. The van der Waals surface area contributed by atoms with E-state index in [1.807, 2.05) is 7.11 Å². The molecule has 0 aromatic carbocycles. The lowest BCUT2D eigenvalue weighted by atomic mass is 10.0. The molecule has 78 valence electrons. The van der Waals surface area contributed by atoms with Crippen molar-refractivity contribution in [2.45, 2.75) is 52.3 Å². The van der Waals surface area contributed by atoms with Gasteiger partial charge in [0.25, 0.3) is 0 Å². The minimum Gasteiger partial charge on any atom is -0.380 e. The Hall–Kier alpha value is -0.0800. The zero-order valence-electron chi connectivity index (χ0n) is 9.58. The maximum atomic E-state index is 5.43. The predicted molar refractivity (Wildman–Crippen MR) is 55.9 cm³/mol. The van der Waals surface area contributed by atoms with Crippen LogP contribution in [0.5, 0.6) is 0 Å². The van der Waals surface area contributed by atoms with Crippen LogP contribution in [-0.2, 0) is 4.74 Å². The van der Waals surface area contributed by atoms with Gasteiger partial charge in [-0.3, -0.25) is 4.90 Å². The van der Waals surface area contributed by atoms with Gasteiger partial charge in [-0.15, -0.1) is 0 Å². The first-order chi connectivity index (χ1) is 6.06. The number of likely N-dealkylation sites (tertiary alicyclic amines) is 1. The van der Waals surface area contributed by atoms with Crippen LogP contribution in [0.3, 0.4) is 0 Å². The molecule has 0 aromatic rings. The van der Waals surface area contributed by atoms with Crippen LogP contribution >= 0.6 is 0 Å². The van der Waals surface area contributed by atoms with Crippen LogP contribution < -0.4 is 0 Å². The predicted octanol–water partition coefficient (Wildman–Crippen LogP) is 2.14. The summed E-state index contributed by atoms with van der Waals surface area (Å²) < 4.78 is 5.43. The van der Waals surface area contributed by atoms with Gasteiger partial charge in [-0.2, -0.15) is 0 Å². The van der Waals surface area contributed by atoms with Gasteiger partial charge in [-0.05, 0) is 26.2 Å².